The van der Waals surface area contributed by atoms with Gasteiger partial charge in [-0.05, 0) is 38.1 Å². The fourth-order valence-corrected chi connectivity index (χ4v) is 3.15. The van der Waals surface area contributed by atoms with Gasteiger partial charge >= 0.3 is 0 Å². The van der Waals surface area contributed by atoms with Gasteiger partial charge in [0.2, 0.25) is 5.43 Å². The highest BCUT2D eigenvalue weighted by molar-refractivity contribution is 5.96. The monoisotopic (exact) mass is 361 g/mol. The number of carbonyl (C=O) groups excluding carboxylic acids is 1. The van der Waals surface area contributed by atoms with Crippen LogP contribution in [0.5, 0.6) is 0 Å². The van der Waals surface area contributed by atoms with Crippen molar-refractivity contribution in [1.29, 1.82) is 0 Å². The highest BCUT2D eigenvalue weighted by Crippen LogP contribution is 2.22. The number of nitrogens with zero attached hydrogens (tertiary/aromatic N) is 1. The zero-order valence-electron chi connectivity index (χ0n) is 15.1. The van der Waals surface area contributed by atoms with E-state index in [9.17, 15) is 9.59 Å². The van der Waals surface area contributed by atoms with Crippen molar-refractivity contribution in [2.24, 2.45) is 0 Å². The smallest absolute Gasteiger partial charge is 0.261 e. The minimum atomic E-state index is -0.370. The number of amides is 1. The molecular weight excluding hydrogens is 342 g/mol. The molecule has 0 unspecified atom stereocenters. The molecule has 5 nitrogen and oxygen atoms in total. The molecule has 5 heteroatoms. The van der Waals surface area contributed by atoms with Gasteiger partial charge in [-0.15, -0.1) is 0 Å². The van der Waals surface area contributed by atoms with E-state index < -0.39 is 0 Å². The number of carbonyl (C=O) groups is 1. The third-order valence-corrected chi connectivity index (χ3v) is 4.60. The summed E-state index contributed by atoms with van der Waals surface area (Å²) in [6.07, 6.45) is 1.25. The minimum Gasteiger partial charge on any atom is -0.463 e. The molecular formula is C22H19NO4. The Kier molecular flexibility index (Phi) is 4.28. The Hall–Kier alpha value is -3.34. The van der Waals surface area contributed by atoms with Crippen molar-refractivity contribution in [2.75, 3.05) is 0 Å². The summed E-state index contributed by atoms with van der Waals surface area (Å²) in [5, 5.41) is 1.38. The van der Waals surface area contributed by atoms with Gasteiger partial charge in [0, 0.05) is 11.4 Å². The Labute approximate surface area is 155 Å². The molecule has 136 valence electrons. The maximum absolute atomic E-state index is 13.1. The SMILES string of the molecule is CC(C)N(Cc1cc2ccccc2o1)C(=O)c1coc2ccccc2c1=O. The quantitative estimate of drug-likeness (QED) is 0.533. The topological polar surface area (TPSA) is 63.7 Å². The second-order valence-electron chi connectivity index (χ2n) is 6.75. The van der Waals surface area contributed by atoms with Crippen LogP contribution in [0, 0.1) is 0 Å². The van der Waals surface area contributed by atoms with Crippen molar-refractivity contribution >= 4 is 27.8 Å². The molecule has 0 aliphatic heterocycles. The van der Waals surface area contributed by atoms with E-state index in [0.29, 0.717) is 16.7 Å². The van der Waals surface area contributed by atoms with E-state index in [1.807, 2.05) is 44.2 Å². The van der Waals surface area contributed by atoms with E-state index >= 15 is 0 Å². The lowest BCUT2D eigenvalue weighted by atomic mass is 10.1. The van der Waals surface area contributed by atoms with Gasteiger partial charge < -0.3 is 13.7 Å². The summed E-state index contributed by atoms with van der Waals surface area (Å²) in [5.41, 5.74) is 0.942. The predicted octanol–water partition coefficient (Wildman–Crippen LogP) is 4.59. The first kappa shape index (κ1) is 17.1. The maximum Gasteiger partial charge on any atom is 0.261 e. The molecule has 0 radical (unpaired) electrons. The maximum atomic E-state index is 13.1. The predicted molar refractivity (Wildman–Crippen MR) is 104 cm³/mol. The van der Waals surface area contributed by atoms with Crippen LogP contribution in [0.25, 0.3) is 21.9 Å². The number of rotatable bonds is 4. The Bertz CT molecular complexity index is 1150. The summed E-state index contributed by atoms with van der Waals surface area (Å²) in [7, 11) is 0. The van der Waals surface area contributed by atoms with E-state index in [2.05, 4.69) is 0 Å². The van der Waals surface area contributed by atoms with Crippen molar-refractivity contribution in [3.05, 3.63) is 82.4 Å². The van der Waals surface area contributed by atoms with Crippen LogP contribution in [0.3, 0.4) is 0 Å². The third kappa shape index (κ3) is 3.12. The van der Waals surface area contributed by atoms with E-state index in [0.717, 1.165) is 11.0 Å². The molecule has 0 bridgehead atoms. The Balaban J connectivity index is 1.70. The molecule has 4 rings (SSSR count). The van der Waals surface area contributed by atoms with Gasteiger partial charge in [-0.2, -0.15) is 0 Å². The molecule has 0 saturated carbocycles. The highest BCUT2D eigenvalue weighted by atomic mass is 16.3. The number of hydrogen-bond donors (Lipinski definition) is 0. The second kappa shape index (κ2) is 6.76. The molecule has 0 aliphatic rings. The van der Waals surface area contributed by atoms with Gasteiger partial charge in [-0.1, -0.05) is 30.3 Å². The van der Waals surface area contributed by atoms with Gasteiger partial charge in [0.15, 0.2) is 0 Å². The zero-order chi connectivity index (χ0) is 19.0. The molecule has 0 N–H and O–H groups in total. The summed E-state index contributed by atoms with van der Waals surface area (Å²) in [4.78, 5) is 27.5. The van der Waals surface area contributed by atoms with E-state index in [1.54, 1.807) is 29.2 Å². The molecule has 0 spiro atoms. The number of fused-ring (bicyclic) bond motifs is 2. The second-order valence-corrected chi connectivity index (χ2v) is 6.75. The van der Waals surface area contributed by atoms with E-state index in [1.165, 1.54) is 6.26 Å². The van der Waals surface area contributed by atoms with Crippen molar-refractivity contribution in [3.63, 3.8) is 0 Å². The fourth-order valence-electron chi connectivity index (χ4n) is 3.15. The Morgan fingerprint density at radius 1 is 1.04 bits per heavy atom. The van der Waals surface area contributed by atoms with Crippen LogP contribution in [-0.2, 0) is 6.54 Å². The lowest BCUT2D eigenvalue weighted by Crippen LogP contribution is -2.38. The van der Waals surface area contributed by atoms with Crippen LogP contribution in [0.1, 0.15) is 30.0 Å². The van der Waals surface area contributed by atoms with Crippen molar-refractivity contribution < 1.29 is 13.6 Å². The van der Waals surface area contributed by atoms with Crippen LogP contribution in [0.4, 0.5) is 0 Å². The third-order valence-electron chi connectivity index (χ3n) is 4.60. The fraction of sp³-hybridized carbons (Fsp3) is 0.182. The van der Waals surface area contributed by atoms with E-state index in [4.69, 9.17) is 8.83 Å². The lowest BCUT2D eigenvalue weighted by Gasteiger charge is -2.25. The molecule has 0 aliphatic carbocycles. The van der Waals surface area contributed by atoms with Crippen molar-refractivity contribution in [2.45, 2.75) is 26.4 Å². The molecule has 0 saturated heterocycles. The average molecular weight is 361 g/mol. The minimum absolute atomic E-state index is 0.0264. The number of furan rings is 1. The number of hydrogen-bond acceptors (Lipinski definition) is 4. The van der Waals surface area contributed by atoms with Crippen LogP contribution in [0.15, 0.2) is 74.5 Å². The highest BCUT2D eigenvalue weighted by Gasteiger charge is 2.24. The molecule has 2 heterocycles. The number of para-hydroxylation sites is 2. The summed E-state index contributed by atoms with van der Waals surface area (Å²) in [6.45, 7) is 4.09. The Morgan fingerprint density at radius 2 is 1.74 bits per heavy atom. The van der Waals surface area contributed by atoms with Crippen LogP contribution < -0.4 is 5.43 Å². The first-order valence-corrected chi connectivity index (χ1v) is 8.83. The van der Waals surface area contributed by atoms with Crippen LogP contribution in [-0.4, -0.2) is 16.8 Å². The van der Waals surface area contributed by atoms with E-state index in [-0.39, 0.29) is 29.5 Å². The van der Waals surface area contributed by atoms with Crippen LogP contribution in [0.2, 0.25) is 0 Å². The van der Waals surface area contributed by atoms with Crippen molar-refractivity contribution in [3.8, 4) is 0 Å². The van der Waals surface area contributed by atoms with Gasteiger partial charge in [-0.25, -0.2) is 0 Å². The van der Waals surface area contributed by atoms with Gasteiger partial charge in [0.1, 0.15) is 28.8 Å². The number of benzene rings is 2. The molecule has 0 atom stereocenters. The molecule has 0 fully saturated rings. The standard InChI is InChI=1S/C22H19NO4/c1-14(2)23(12-16-11-15-7-3-5-9-19(15)27-16)22(25)18-13-26-20-10-6-4-8-17(20)21(18)24/h3-11,13-14H,12H2,1-2H3. The molecule has 1 amide bonds. The first-order valence-electron chi connectivity index (χ1n) is 8.83. The lowest BCUT2D eigenvalue weighted by molar-refractivity contribution is 0.0673. The molecule has 2 aromatic heterocycles. The van der Waals surface area contributed by atoms with Crippen LogP contribution >= 0.6 is 0 Å². The van der Waals surface area contributed by atoms with Crippen molar-refractivity contribution in [1.82, 2.24) is 4.90 Å². The van der Waals surface area contributed by atoms with Gasteiger partial charge in [-0.3, -0.25) is 9.59 Å². The zero-order valence-corrected chi connectivity index (χ0v) is 15.1. The molecule has 27 heavy (non-hydrogen) atoms. The summed E-state index contributed by atoms with van der Waals surface area (Å²) >= 11 is 0. The molecule has 4 aromatic rings. The van der Waals surface area contributed by atoms with Gasteiger partial charge in [0.05, 0.1) is 11.9 Å². The summed E-state index contributed by atoms with van der Waals surface area (Å²) in [6, 6.07) is 16.4. The largest absolute Gasteiger partial charge is 0.463 e. The van der Waals surface area contributed by atoms with Gasteiger partial charge in [0.25, 0.3) is 5.91 Å². The normalized spacial score (nSPS) is 11.4. The summed E-state index contributed by atoms with van der Waals surface area (Å²) < 4.78 is 11.3. The molecule has 2 aromatic carbocycles. The average Bonchev–Trinajstić information content (AvgIpc) is 3.08. The first-order chi connectivity index (χ1) is 13.0. The summed E-state index contributed by atoms with van der Waals surface area (Å²) in [5.74, 6) is 0.299. The Morgan fingerprint density at radius 3 is 2.48 bits per heavy atom.